The Morgan fingerprint density at radius 2 is 1.94 bits per heavy atom. The molecule has 0 aromatic carbocycles. The van der Waals surface area contributed by atoms with Gasteiger partial charge in [0, 0.05) is 37.8 Å². The molecule has 108 valence electrons. The highest BCUT2D eigenvalue weighted by Gasteiger charge is 2.30. The fourth-order valence-corrected chi connectivity index (χ4v) is 3.35. The molecule has 0 aromatic heterocycles. The number of piperazine rings is 1. The number of likely N-dealkylation sites (N-methyl/N-ethyl adjacent to an activating group) is 2. The van der Waals surface area contributed by atoms with Crippen LogP contribution in [0.25, 0.3) is 0 Å². The van der Waals surface area contributed by atoms with Crippen molar-refractivity contribution in [1.82, 2.24) is 15.1 Å². The first-order chi connectivity index (χ1) is 8.67. The van der Waals surface area contributed by atoms with Gasteiger partial charge in [0.25, 0.3) is 0 Å². The maximum Gasteiger partial charge on any atom is 0.0247 e. The summed E-state index contributed by atoms with van der Waals surface area (Å²) in [5.41, 5.74) is 0. The van der Waals surface area contributed by atoms with Gasteiger partial charge in [-0.25, -0.2) is 0 Å². The highest BCUT2D eigenvalue weighted by Crippen LogP contribution is 2.19. The first-order valence-corrected chi connectivity index (χ1v) is 7.79. The summed E-state index contributed by atoms with van der Waals surface area (Å²) in [6.45, 7) is 10.6. The van der Waals surface area contributed by atoms with Gasteiger partial charge in [-0.2, -0.15) is 0 Å². The molecule has 1 fully saturated rings. The van der Waals surface area contributed by atoms with E-state index in [4.69, 9.17) is 0 Å². The van der Waals surface area contributed by atoms with Gasteiger partial charge >= 0.3 is 0 Å². The molecule has 1 saturated heterocycles. The molecular formula is C15H33N3. The van der Waals surface area contributed by atoms with E-state index in [1.807, 2.05) is 0 Å². The summed E-state index contributed by atoms with van der Waals surface area (Å²) < 4.78 is 0. The van der Waals surface area contributed by atoms with E-state index in [1.165, 1.54) is 45.3 Å². The minimum atomic E-state index is 0.654. The van der Waals surface area contributed by atoms with Gasteiger partial charge in [0.15, 0.2) is 0 Å². The zero-order valence-corrected chi connectivity index (χ0v) is 13.1. The van der Waals surface area contributed by atoms with Gasteiger partial charge in [-0.1, -0.05) is 27.2 Å². The Balaban J connectivity index is 2.63. The average molecular weight is 255 g/mol. The lowest BCUT2D eigenvalue weighted by molar-refractivity contribution is 0.0466. The molecule has 1 N–H and O–H groups in total. The number of nitrogens with zero attached hydrogens (tertiary/aromatic N) is 2. The third kappa shape index (κ3) is 3.94. The predicted molar refractivity (Wildman–Crippen MR) is 80.1 cm³/mol. The molecule has 3 nitrogen and oxygen atoms in total. The molecular weight excluding hydrogens is 222 g/mol. The molecule has 1 rings (SSSR count). The van der Waals surface area contributed by atoms with E-state index in [1.54, 1.807) is 0 Å². The minimum absolute atomic E-state index is 0.654. The van der Waals surface area contributed by atoms with Crippen LogP contribution in [-0.2, 0) is 0 Å². The quantitative estimate of drug-likeness (QED) is 0.752. The van der Waals surface area contributed by atoms with Crippen LogP contribution < -0.4 is 5.32 Å². The van der Waals surface area contributed by atoms with E-state index in [0.717, 1.165) is 6.04 Å². The monoisotopic (exact) mass is 255 g/mol. The second kappa shape index (κ2) is 8.13. The Bertz CT molecular complexity index is 220. The number of nitrogens with one attached hydrogen (secondary N) is 1. The lowest BCUT2D eigenvalue weighted by Gasteiger charge is -2.45. The fourth-order valence-electron chi connectivity index (χ4n) is 3.35. The van der Waals surface area contributed by atoms with Gasteiger partial charge in [0.2, 0.25) is 0 Å². The van der Waals surface area contributed by atoms with Crippen LogP contribution in [0.3, 0.4) is 0 Å². The molecule has 3 heteroatoms. The van der Waals surface area contributed by atoms with Crippen LogP contribution in [0.4, 0.5) is 0 Å². The summed E-state index contributed by atoms with van der Waals surface area (Å²) >= 11 is 0. The average Bonchev–Trinajstić information content (AvgIpc) is 2.40. The van der Waals surface area contributed by atoms with Gasteiger partial charge in [0.1, 0.15) is 0 Å². The fraction of sp³-hybridized carbons (Fsp3) is 1.00. The molecule has 3 atom stereocenters. The van der Waals surface area contributed by atoms with Crippen LogP contribution in [0, 0.1) is 0 Å². The maximum atomic E-state index is 3.54. The lowest BCUT2D eigenvalue weighted by Crippen LogP contribution is -2.58. The van der Waals surface area contributed by atoms with Gasteiger partial charge in [-0.3, -0.25) is 4.90 Å². The Kier molecular flexibility index (Phi) is 7.20. The highest BCUT2D eigenvalue weighted by atomic mass is 15.3. The van der Waals surface area contributed by atoms with E-state index in [2.05, 4.69) is 50.0 Å². The van der Waals surface area contributed by atoms with Gasteiger partial charge < -0.3 is 10.2 Å². The Labute approximate surface area is 114 Å². The van der Waals surface area contributed by atoms with E-state index < -0.39 is 0 Å². The molecule has 1 heterocycles. The van der Waals surface area contributed by atoms with E-state index >= 15 is 0 Å². The SMILES string of the molecule is CCCC(NC)C(CC)N1CCN(C)C(CC)C1. The third-order valence-corrected chi connectivity index (χ3v) is 4.60. The van der Waals surface area contributed by atoms with E-state index in [0.29, 0.717) is 12.1 Å². The molecule has 0 spiro atoms. The Morgan fingerprint density at radius 1 is 1.22 bits per heavy atom. The molecule has 0 aliphatic carbocycles. The zero-order valence-electron chi connectivity index (χ0n) is 13.1. The van der Waals surface area contributed by atoms with Crippen molar-refractivity contribution in [3.05, 3.63) is 0 Å². The second-order valence-corrected chi connectivity index (χ2v) is 5.70. The molecule has 1 aliphatic heterocycles. The van der Waals surface area contributed by atoms with Crippen molar-refractivity contribution in [3.8, 4) is 0 Å². The van der Waals surface area contributed by atoms with Crippen molar-refractivity contribution in [1.29, 1.82) is 0 Å². The smallest absolute Gasteiger partial charge is 0.0247 e. The van der Waals surface area contributed by atoms with Crippen LogP contribution in [0.2, 0.25) is 0 Å². The summed E-state index contributed by atoms with van der Waals surface area (Å²) in [7, 11) is 4.39. The molecule has 1 aliphatic rings. The van der Waals surface area contributed by atoms with Crippen LogP contribution >= 0.6 is 0 Å². The number of rotatable bonds is 7. The Morgan fingerprint density at radius 3 is 2.44 bits per heavy atom. The molecule has 0 bridgehead atoms. The summed E-state index contributed by atoms with van der Waals surface area (Å²) in [4.78, 5) is 5.25. The normalized spacial score (nSPS) is 26.2. The topological polar surface area (TPSA) is 18.5 Å². The summed E-state index contributed by atoms with van der Waals surface area (Å²) in [5, 5.41) is 3.54. The van der Waals surface area contributed by atoms with Gasteiger partial charge in [-0.15, -0.1) is 0 Å². The Hall–Kier alpha value is -0.120. The lowest BCUT2D eigenvalue weighted by atomic mass is 9.97. The van der Waals surface area contributed by atoms with E-state index in [-0.39, 0.29) is 0 Å². The van der Waals surface area contributed by atoms with Crippen molar-refractivity contribution in [2.75, 3.05) is 33.7 Å². The molecule has 0 aromatic rings. The first-order valence-electron chi connectivity index (χ1n) is 7.79. The molecule has 0 amide bonds. The minimum Gasteiger partial charge on any atom is -0.315 e. The zero-order chi connectivity index (χ0) is 13.5. The number of hydrogen-bond acceptors (Lipinski definition) is 3. The van der Waals surface area contributed by atoms with Crippen molar-refractivity contribution in [2.45, 2.75) is 64.6 Å². The summed E-state index contributed by atoms with van der Waals surface area (Å²) in [5.74, 6) is 0. The van der Waals surface area contributed by atoms with Crippen LogP contribution in [0.15, 0.2) is 0 Å². The van der Waals surface area contributed by atoms with Gasteiger partial charge in [0.05, 0.1) is 0 Å². The third-order valence-electron chi connectivity index (χ3n) is 4.60. The first kappa shape index (κ1) is 15.9. The molecule has 0 radical (unpaired) electrons. The van der Waals surface area contributed by atoms with Crippen LogP contribution in [-0.4, -0.2) is 61.7 Å². The van der Waals surface area contributed by atoms with Gasteiger partial charge in [-0.05, 0) is 33.4 Å². The van der Waals surface area contributed by atoms with E-state index in [9.17, 15) is 0 Å². The standard InChI is InChI=1S/C15H33N3/c1-6-9-14(16-4)15(8-3)18-11-10-17(5)13(7-2)12-18/h13-16H,6-12H2,1-5H3. The van der Waals surface area contributed by atoms with Crippen molar-refractivity contribution in [2.24, 2.45) is 0 Å². The number of hydrogen-bond donors (Lipinski definition) is 1. The van der Waals surface area contributed by atoms with Crippen molar-refractivity contribution in [3.63, 3.8) is 0 Å². The summed E-state index contributed by atoms with van der Waals surface area (Å²) in [6.07, 6.45) is 5.08. The van der Waals surface area contributed by atoms with Crippen molar-refractivity contribution < 1.29 is 0 Å². The summed E-state index contributed by atoms with van der Waals surface area (Å²) in [6, 6.07) is 2.10. The molecule has 0 saturated carbocycles. The second-order valence-electron chi connectivity index (χ2n) is 5.70. The molecule has 18 heavy (non-hydrogen) atoms. The van der Waals surface area contributed by atoms with Crippen LogP contribution in [0.1, 0.15) is 46.5 Å². The van der Waals surface area contributed by atoms with Crippen molar-refractivity contribution >= 4 is 0 Å². The highest BCUT2D eigenvalue weighted by molar-refractivity contribution is 4.88. The van der Waals surface area contributed by atoms with Crippen LogP contribution in [0.5, 0.6) is 0 Å². The maximum absolute atomic E-state index is 3.54. The largest absolute Gasteiger partial charge is 0.315 e. The molecule has 3 unspecified atom stereocenters. The predicted octanol–water partition coefficient (Wildman–Crippen LogP) is 2.18.